The zero-order chi connectivity index (χ0) is 14.1. The third kappa shape index (κ3) is 5.52. The average Bonchev–Trinajstić information content (AvgIpc) is 2.41. The Morgan fingerprint density at radius 3 is 2.53 bits per heavy atom. The molecule has 1 aromatic rings. The summed E-state index contributed by atoms with van der Waals surface area (Å²) in [7, 11) is 1.62. The van der Waals surface area contributed by atoms with Gasteiger partial charge in [0.15, 0.2) is 0 Å². The second-order valence-corrected chi connectivity index (χ2v) is 4.26. The number of hydrogen-bond donors (Lipinski definition) is 2. The normalized spacial score (nSPS) is 11.8. The second kappa shape index (κ2) is 8.26. The highest BCUT2D eigenvalue weighted by Gasteiger charge is 2.19. The van der Waals surface area contributed by atoms with E-state index in [0.29, 0.717) is 18.6 Å². The molecule has 0 fully saturated rings. The summed E-state index contributed by atoms with van der Waals surface area (Å²) in [6.45, 7) is 0.630. The smallest absolute Gasteiger partial charge is 0.244 e. The van der Waals surface area contributed by atoms with Crippen molar-refractivity contribution in [1.82, 2.24) is 5.32 Å². The summed E-state index contributed by atoms with van der Waals surface area (Å²) in [6, 6.07) is 8.21. The lowest BCUT2D eigenvalue weighted by Gasteiger charge is -2.15. The molecule has 1 aromatic carbocycles. The average molecular weight is 264 g/mol. The number of ether oxygens (including phenoxy) is 1. The lowest BCUT2D eigenvalue weighted by atomic mass is 10.1. The fourth-order valence-electron chi connectivity index (χ4n) is 1.73. The Labute approximate surface area is 113 Å². The minimum atomic E-state index is -0.767. The summed E-state index contributed by atoms with van der Waals surface area (Å²) in [5, 5.41) is 2.66. The molecule has 0 bridgehead atoms. The maximum Gasteiger partial charge on any atom is 0.244 e. The molecule has 0 heterocycles. The number of carbonyl (C=O) groups is 2. The highest BCUT2D eigenvalue weighted by molar-refractivity contribution is 5.87. The fourth-order valence-corrected chi connectivity index (χ4v) is 1.73. The number of benzene rings is 1. The van der Waals surface area contributed by atoms with Crippen molar-refractivity contribution in [3.8, 4) is 0 Å². The van der Waals surface area contributed by atoms with Gasteiger partial charge in [-0.05, 0) is 18.4 Å². The van der Waals surface area contributed by atoms with Gasteiger partial charge in [0.25, 0.3) is 0 Å². The summed E-state index contributed by atoms with van der Waals surface area (Å²) in [6.07, 6.45) is 1.90. The molecule has 3 N–H and O–H groups in total. The topological polar surface area (TPSA) is 81.4 Å². The van der Waals surface area contributed by atoms with Crippen LogP contribution in [0.1, 0.15) is 30.9 Å². The molecule has 104 valence electrons. The zero-order valence-corrected chi connectivity index (χ0v) is 11.1. The predicted octanol–water partition coefficient (Wildman–Crippen LogP) is 1.15. The molecule has 0 spiro atoms. The third-order valence-corrected chi connectivity index (χ3v) is 2.73. The van der Waals surface area contributed by atoms with Crippen LogP contribution in [0.25, 0.3) is 0 Å². The number of unbranched alkanes of at least 4 members (excludes halogenated alkanes) is 1. The van der Waals surface area contributed by atoms with Crippen molar-refractivity contribution in [2.45, 2.75) is 25.3 Å². The van der Waals surface area contributed by atoms with Gasteiger partial charge in [-0.3, -0.25) is 9.59 Å². The van der Waals surface area contributed by atoms with E-state index in [2.05, 4.69) is 5.32 Å². The fraction of sp³-hybridized carbons (Fsp3) is 0.429. The van der Waals surface area contributed by atoms with E-state index in [4.69, 9.17) is 10.5 Å². The maximum absolute atomic E-state index is 11.7. The van der Waals surface area contributed by atoms with Gasteiger partial charge in [-0.1, -0.05) is 30.3 Å². The zero-order valence-electron chi connectivity index (χ0n) is 11.1. The molecule has 0 radical (unpaired) electrons. The first-order chi connectivity index (χ1) is 9.15. The molecule has 5 heteroatoms. The van der Waals surface area contributed by atoms with Crippen molar-refractivity contribution in [2.75, 3.05) is 13.7 Å². The van der Waals surface area contributed by atoms with Gasteiger partial charge in [-0.25, -0.2) is 0 Å². The Morgan fingerprint density at radius 1 is 1.26 bits per heavy atom. The van der Waals surface area contributed by atoms with E-state index in [1.807, 2.05) is 6.07 Å². The Kier molecular flexibility index (Phi) is 6.60. The van der Waals surface area contributed by atoms with Gasteiger partial charge < -0.3 is 15.8 Å². The predicted molar refractivity (Wildman–Crippen MR) is 72.2 cm³/mol. The van der Waals surface area contributed by atoms with E-state index in [1.165, 1.54) is 0 Å². The molecule has 0 aromatic heterocycles. The van der Waals surface area contributed by atoms with E-state index in [9.17, 15) is 9.59 Å². The molecule has 0 saturated heterocycles. The molecule has 1 unspecified atom stereocenters. The minimum absolute atomic E-state index is 0.177. The largest absolute Gasteiger partial charge is 0.385 e. The van der Waals surface area contributed by atoms with Crippen molar-refractivity contribution in [1.29, 1.82) is 0 Å². The Bertz CT molecular complexity index is 406. The molecule has 0 aliphatic heterocycles. The quantitative estimate of drug-likeness (QED) is 0.691. The number of rotatable bonds is 8. The van der Waals surface area contributed by atoms with E-state index in [-0.39, 0.29) is 5.91 Å². The number of nitrogens with one attached hydrogen (secondary N) is 1. The summed E-state index contributed by atoms with van der Waals surface area (Å²) in [5.41, 5.74) is 6.01. The number of carbonyl (C=O) groups excluding carboxylic acids is 2. The first-order valence-electron chi connectivity index (χ1n) is 6.27. The number of amides is 2. The van der Waals surface area contributed by atoms with Crippen LogP contribution in [0.3, 0.4) is 0 Å². The van der Waals surface area contributed by atoms with Crippen molar-refractivity contribution in [2.24, 2.45) is 5.73 Å². The molecular weight excluding hydrogens is 244 g/mol. The van der Waals surface area contributed by atoms with Gasteiger partial charge >= 0.3 is 0 Å². The van der Waals surface area contributed by atoms with Crippen LogP contribution in [0.4, 0.5) is 0 Å². The van der Waals surface area contributed by atoms with Crippen molar-refractivity contribution < 1.29 is 14.3 Å². The molecule has 0 saturated carbocycles. The molecule has 19 heavy (non-hydrogen) atoms. The van der Waals surface area contributed by atoms with Crippen molar-refractivity contribution in [3.05, 3.63) is 35.9 Å². The van der Waals surface area contributed by atoms with Crippen LogP contribution < -0.4 is 11.1 Å². The van der Waals surface area contributed by atoms with Gasteiger partial charge in [0.2, 0.25) is 11.8 Å². The molecule has 1 atom stereocenters. The van der Waals surface area contributed by atoms with Crippen molar-refractivity contribution >= 4 is 11.8 Å². The Morgan fingerprint density at radius 2 is 1.95 bits per heavy atom. The highest BCUT2D eigenvalue weighted by atomic mass is 16.5. The monoisotopic (exact) mass is 264 g/mol. The SMILES string of the molecule is COCCCCC(=O)NC(C(N)=O)c1ccccc1. The maximum atomic E-state index is 11.7. The van der Waals surface area contributed by atoms with Crippen LogP contribution in [0, 0.1) is 0 Å². The van der Waals surface area contributed by atoms with E-state index in [1.54, 1.807) is 31.4 Å². The van der Waals surface area contributed by atoms with Crippen LogP contribution in [-0.2, 0) is 14.3 Å². The van der Waals surface area contributed by atoms with Crippen LogP contribution >= 0.6 is 0 Å². The first-order valence-corrected chi connectivity index (χ1v) is 6.27. The third-order valence-electron chi connectivity index (χ3n) is 2.73. The van der Waals surface area contributed by atoms with Gasteiger partial charge in [-0.15, -0.1) is 0 Å². The number of methoxy groups -OCH3 is 1. The Hall–Kier alpha value is -1.88. The summed E-state index contributed by atoms with van der Waals surface area (Å²) >= 11 is 0. The second-order valence-electron chi connectivity index (χ2n) is 4.26. The summed E-state index contributed by atoms with van der Waals surface area (Å²) < 4.78 is 4.91. The number of primary amides is 1. The lowest BCUT2D eigenvalue weighted by molar-refractivity contribution is -0.127. The van der Waals surface area contributed by atoms with E-state index < -0.39 is 11.9 Å². The number of hydrogen-bond acceptors (Lipinski definition) is 3. The molecule has 0 aliphatic rings. The van der Waals surface area contributed by atoms with Crippen LogP contribution in [0.2, 0.25) is 0 Å². The van der Waals surface area contributed by atoms with Crippen LogP contribution in [0.15, 0.2) is 30.3 Å². The summed E-state index contributed by atoms with van der Waals surface area (Å²) in [5.74, 6) is -0.736. The van der Waals surface area contributed by atoms with Gasteiger partial charge in [0, 0.05) is 20.1 Å². The minimum Gasteiger partial charge on any atom is -0.385 e. The standard InChI is InChI=1S/C14H20N2O3/c1-19-10-6-5-9-12(17)16-13(14(15)18)11-7-3-2-4-8-11/h2-4,7-8,13H,5-6,9-10H2,1H3,(H2,15,18)(H,16,17). The molecule has 0 aliphatic carbocycles. The molecule has 5 nitrogen and oxygen atoms in total. The lowest BCUT2D eigenvalue weighted by Crippen LogP contribution is -2.37. The highest BCUT2D eigenvalue weighted by Crippen LogP contribution is 2.12. The number of nitrogens with two attached hydrogens (primary N) is 1. The molecule has 1 rings (SSSR count). The van der Waals surface area contributed by atoms with E-state index >= 15 is 0 Å². The van der Waals surface area contributed by atoms with Crippen molar-refractivity contribution in [3.63, 3.8) is 0 Å². The van der Waals surface area contributed by atoms with Crippen LogP contribution in [-0.4, -0.2) is 25.5 Å². The van der Waals surface area contributed by atoms with Gasteiger partial charge in [0.1, 0.15) is 6.04 Å². The van der Waals surface area contributed by atoms with Gasteiger partial charge in [-0.2, -0.15) is 0 Å². The van der Waals surface area contributed by atoms with Crippen LogP contribution in [0.5, 0.6) is 0 Å². The van der Waals surface area contributed by atoms with E-state index in [0.717, 1.165) is 12.8 Å². The molecule has 2 amide bonds. The Balaban J connectivity index is 2.51. The molecular formula is C14H20N2O3. The van der Waals surface area contributed by atoms with Gasteiger partial charge in [0.05, 0.1) is 0 Å². The summed E-state index contributed by atoms with van der Waals surface area (Å²) in [4.78, 5) is 23.1. The first kappa shape index (κ1) is 15.2.